The molecule has 134 valence electrons. The highest BCUT2D eigenvalue weighted by molar-refractivity contribution is 5.93. The van der Waals surface area contributed by atoms with Crippen LogP contribution >= 0.6 is 0 Å². The van der Waals surface area contributed by atoms with Gasteiger partial charge in [-0.05, 0) is 69.0 Å². The predicted molar refractivity (Wildman–Crippen MR) is 109 cm³/mol. The van der Waals surface area contributed by atoms with Crippen molar-refractivity contribution in [3.8, 4) is 11.5 Å². The summed E-state index contributed by atoms with van der Waals surface area (Å²) < 4.78 is 2.19. The van der Waals surface area contributed by atoms with E-state index in [1.807, 2.05) is 6.07 Å². The number of nitrogens with one attached hydrogen (secondary N) is 1. The molecule has 0 amide bonds. The number of aryl methyl sites for hydroxylation is 4. The van der Waals surface area contributed by atoms with Crippen LogP contribution in [0.5, 0.6) is 0 Å². The first-order valence-corrected chi connectivity index (χ1v) is 9.34. The standard InChI is InChI=1S/C22H26N4/c1-14-12-15(2)20-17(13-14)16(8-6-7-11-23)21(25-20)22-24-18-9-4-5-10-19(18)26(22)3/h4-5,9-10,12-13,25H,6-8,11,23H2,1-3H3. The zero-order valence-corrected chi connectivity index (χ0v) is 15.8. The maximum absolute atomic E-state index is 5.73. The van der Waals surface area contributed by atoms with Crippen molar-refractivity contribution in [2.75, 3.05) is 6.54 Å². The number of hydrogen-bond donors (Lipinski definition) is 2. The van der Waals surface area contributed by atoms with Gasteiger partial charge in [-0.25, -0.2) is 4.98 Å². The minimum Gasteiger partial charge on any atom is -0.352 e. The highest BCUT2D eigenvalue weighted by Crippen LogP contribution is 2.34. The second-order valence-electron chi connectivity index (χ2n) is 7.21. The smallest absolute Gasteiger partial charge is 0.157 e. The highest BCUT2D eigenvalue weighted by Gasteiger charge is 2.19. The van der Waals surface area contributed by atoms with Gasteiger partial charge in [0.25, 0.3) is 0 Å². The second kappa shape index (κ2) is 6.61. The van der Waals surface area contributed by atoms with E-state index in [1.54, 1.807) is 0 Å². The number of hydrogen-bond acceptors (Lipinski definition) is 2. The van der Waals surface area contributed by atoms with Crippen molar-refractivity contribution in [1.29, 1.82) is 0 Å². The molecule has 2 heterocycles. The first-order chi connectivity index (χ1) is 12.6. The van der Waals surface area contributed by atoms with E-state index in [0.717, 1.165) is 48.4 Å². The monoisotopic (exact) mass is 346 g/mol. The van der Waals surface area contributed by atoms with Gasteiger partial charge in [0.15, 0.2) is 5.82 Å². The quantitative estimate of drug-likeness (QED) is 0.518. The topological polar surface area (TPSA) is 59.6 Å². The number of nitrogens with zero attached hydrogens (tertiary/aromatic N) is 2. The zero-order valence-electron chi connectivity index (χ0n) is 15.8. The molecule has 0 fully saturated rings. The molecule has 0 unspecified atom stereocenters. The third-order valence-corrected chi connectivity index (χ3v) is 5.25. The third kappa shape index (κ3) is 2.71. The van der Waals surface area contributed by atoms with Crippen LogP contribution in [0, 0.1) is 13.8 Å². The van der Waals surface area contributed by atoms with Crippen molar-refractivity contribution in [3.05, 3.63) is 53.1 Å². The number of H-pyrrole nitrogens is 1. The molecule has 0 aliphatic heterocycles. The molecule has 4 heteroatoms. The summed E-state index contributed by atoms with van der Waals surface area (Å²) in [5.41, 5.74) is 14.2. The Morgan fingerprint density at radius 1 is 1.12 bits per heavy atom. The average molecular weight is 346 g/mol. The van der Waals surface area contributed by atoms with Gasteiger partial charge in [-0.15, -0.1) is 0 Å². The summed E-state index contributed by atoms with van der Waals surface area (Å²) in [5.74, 6) is 1.00. The number of benzene rings is 2. The minimum absolute atomic E-state index is 0.738. The Hall–Kier alpha value is -2.59. The highest BCUT2D eigenvalue weighted by atomic mass is 15.1. The SMILES string of the molecule is Cc1cc(C)c2[nH]c(-c3nc4ccccc4n3C)c(CCCCN)c2c1. The Morgan fingerprint density at radius 2 is 1.92 bits per heavy atom. The van der Waals surface area contributed by atoms with E-state index in [9.17, 15) is 0 Å². The van der Waals surface area contributed by atoms with Crippen molar-refractivity contribution in [2.45, 2.75) is 33.1 Å². The van der Waals surface area contributed by atoms with Crippen molar-refractivity contribution in [3.63, 3.8) is 0 Å². The van der Waals surface area contributed by atoms with Crippen LogP contribution in [-0.2, 0) is 13.5 Å². The van der Waals surface area contributed by atoms with Crippen LogP contribution in [0.3, 0.4) is 0 Å². The number of unbranched alkanes of at least 4 members (excludes halogenated alkanes) is 1. The molecule has 0 bridgehead atoms. The summed E-state index contributed by atoms with van der Waals surface area (Å²) in [4.78, 5) is 8.62. The largest absolute Gasteiger partial charge is 0.352 e. The Labute approximate surface area is 154 Å². The number of fused-ring (bicyclic) bond motifs is 2. The van der Waals surface area contributed by atoms with Gasteiger partial charge in [-0.3, -0.25) is 0 Å². The normalized spacial score (nSPS) is 11.7. The lowest BCUT2D eigenvalue weighted by Crippen LogP contribution is -2.00. The minimum atomic E-state index is 0.738. The van der Waals surface area contributed by atoms with Gasteiger partial charge in [0.05, 0.1) is 16.7 Å². The number of aromatic amines is 1. The van der Waals surface area contributed by atoms with Gasteiger partial charge in [0.1, 0.15) is 0 Å². The number of para-hydroxylation sites is 2. The summed E-state index contributed by atoms with van der Waals surface area (Å²) in [6, 6.07) is 12.8. The van der Waals surface area contributed by atoms with Gasteiger partial charge in [-0.1, -0.05) is 23.8 Å². The van der Waals surface area contributed by atoms with E-state index in [-0.39, 0.29) is 0 Å². The molecule has 4 nitrogen and oxygen atoms in total. The van der Waals surface area contributed by atoms with E-state index in [1.165, 1.54) is 27.6 Å². The van der Waals surface area contributed by atoms with Gasteiger partial charge < -0.3 is 15.3 Å². The van der Waals surface area contributed by atoms with Gasteiger partial charge >= 0.3 is 0 Å². The lowest BCUT2D eigenvalue weighted by Gasteiger charge is -2.06. The van der Waals surface area contributed by atoms with Crippen molar-refractivity contribution in [2.24, 2.45) is 12.8 Å². The molecular weight excluding hydrogens is 320 g/mol. The number of rotatable bonds is 5. The summed E-state index contributed by atoms with van der Waals surface area (Å²) in [6.45, 7) is 5.08. The number of nitrogens with two attached hydrogens (primary N) is 1. The molecule has 0 aliphatic carbocycles. The number of aromatic nitrogens is 3. The lowest BCUT2D eigenvalue weighted by molar-refractivity contribution is 0.747. The second-order valence-corrected chi connectivity index (χ2v) is 7.21. The maximum atomic E-state index is 5.73. The predicted octanol–water partition coefficient (Wildman–Crippen LogP) is 4.62. The summed E-state index contributed by atoms with van der Waals surface area (Å²) in [7, 11) is 2.10. The fourth-order valence-electron chi connectivity index (χ4n) is 3.97. The molecular formula is C22H26N4. The van der Waals surface area contributed by atoms with E-state index >= 15 is 0 Å². The van der Waals surface area contributed by atoms with Crippen molar-refractivity contribution >= 4 is 21.9 Å². The van der Waals surface area contributed by atoms with E-state index in [2.05, 4.69) is 60.8 Å². The van der Waals surface area contributed by atoms with Crippen LogP contribution in [0.25, 0.3) is 33.5 Å². The molecule has 0 saturated carbocycles. The van der Waals surface area contributed by atoms with Crippen LogP contribution in [0.1, 0.15) is 29.5 Å². The van der Waals surface area contributed by atoms with Crippen molar-refractivity contribution in [1.82, 2.24) is 14.5 Å². The molecule has 26 heavy (non-hydrogen) atoms. The van der Waals surface area contributed by atoms with Crippen LogP contribution in [-0.4, -0.2) is 21.1 Å². The lowest BCUT2D eigenvalue weighted by atomic mass is 10.0. The van der Waals surface area contributed by atoms with Crippen LogP contribution in [0.15, 0.2) is 36.4 Å². The molecule has 4 aromatic rings. The summed E-state index contributed by atoms with van der Waals surface area (Å²) >= 11 is 0. The van der Waals surface area contributed by atoms with Crippen molar-refractivity contribution < 1.29 is 0 Å². The van der Waals surface area contributed by atoms with E-state index in [4.69, 9.17) is 10.7 Å². The number of imidazole rings is 1. The first kappa shape index (κ1) is 16.9. The molecule has 4 rings (SSSR count). The zero-order chi connectivity index (χ0) is 18.3. The Kier molecular flexibility index (Phi) is 4.29. The fraction of sp³-hybridized carbons (Fsp3) is 0.318. The van der Waals surface area contributed by atoms with Gasteiger partial charge in [-0.2, -0.15) is 0 Å². The molecule has 2 aromatic heterocycles. The molecule has 0 radical (unpaired) electrons. The first-order valence-electron chi connectivity index (χ1n) is 9.34. The fourth-order valence-corrected chi connectivity index (χ4v) is 3.97. The Bertz CT molecular complexity index is 1080. The maximum Gasteiger partial charge on any atom is 0.157 e. The summed E-state index contributed by atoms with van der Waals surface area (Å²) in [5, 5.41) is 1.32. The molecule has 0 atom stereocenters. The third-order valence-electron chi connectivity index (χ3n) is 5.25. The van der Waals surface area contributed by atoms with E-state index in [0.29, 0.717) is 0 Å². The Morgan fingerprint density at radius 3 is 2.69 bits per heavy atom. The molecule has 0 aliphatic rings. The average Bonchev–Trinajstić information content (AvgIpc) is 3.14. The van der Waals surface area contributed by atoms with E-state index < -0.39 is 0 Å². The van der Waals surface area contributed by atoms with Gasteiger partial charge in [0.2, 0.25) is 0 Å². The molecule has 0 saturated heterocycles. The molecule has 2 aromatic carbocycles. The molecule has 3 N–H and O–H groups in total. The summed E-state index contributed by atoms with van der Waals surface area (Å²) in [6.07, 6.45) is 3.14. The Balaban J connectivity index is 1.96. The van der Waals surface area contributed by atoms with Crippen LogP contribution < -0.4 is 5.73 Å². The molecule has 0 spiro atoms. The van der Waals surface area contributed by atoms with Crippen LogP contribution in [0.2, 0.25) is 0 Å². The van der Waals surface area contributed by atoms with Crippen LogP contribution in [0.4, 0.5) is 0 Å². The van der Waals surface area contributed by atoms with Gasteiger partial charge in [0, 0.05) is 18.0 Å².